The van der Waals surface area contributed by atoms with Crippen LogP contribution in [0.5, 0.6) is 0 Å². The van der Waals surface area contributed by atoms with Crippen LogP contribution in [0.2, 0.25) is 0 Å². The van der Waals surface area contributed by atoms with Crippen LogP contribution < -0.4 is 15.5 Å². The van der Waals surface area contributed by atoms with Gasteiger partial charge in [0.05, 0.1) is 5.69 Å². The molecule has 29 heavy (non-hydrogen) atoms. The quantitative estimate of drug-likeness (QED) is 0.731. The van der Waals surface area contributed by atoms with E-state index in [1.807, 2.05) is 0 Å². The van der Waals surface area contributed by atoms with Gasteiger partial charge in [-0.15, -0.1) is 0 Å². The van der Waals surface area contributed by atoms with Crippen LogP contribution in [-0.2, 0) is 13.0 Å². The Morgan fingerprint density at radius 3 is 2.62 bits per heavy atom. The summed E-state index contributed by atoms with van der Waals surface area (Å²) < 4.78 is 0. The third-order valence-corrected chi connectivity index (χ3v) is 7.09. The van der Waals surface area contributed by atoms with Crippen LogP contribution in [-0.4, -0.2) is 60.2 Å². The zero-order valence-electron chi connectivity index (χ0n) is 18.6. The molecule has 162 valence electrons. The highest BCUT2D eigenvalue weighted by Crippen LogP contribution is 2.28. The van der Waals surface area contributed by atoms with Gasteiger partial charge in [-0.3, -0.25) is 0 Å². The van der Waals surface area contributed by atoms with E-state index in [-0.39, 0.29) is 0 Å². The van der Waals surface area contributed by atoms with Crippen molar-refractivity contribution in [1.29, 1.82) is 0 Å². The Morgan fingerprint density at radius 2 is 1.86 bits per heavy atom. The summed E-state index contributed by atoms with van der Waals surface area (Å²) in [6.07, 6.45) is 10.0. The Morgan fingerprint density at radius 1 is 1.07 bits per heavy atom. The molecule has 2 N–H and O–H groups in total. The lowest BCUT2D eigenvalue weighted by Crippen LogP contribution is -2.33. The van der Waals surface area contributed by atoms with Crippen molar-refractivity contribution in [3.05, 3.63) is 11.3 Å². The summed E-state index contributed by atoms with van der Waals surface area (Å²) in [7, 11) is 0. The number of hydrogen-bond acceptors (Lipinski definition) is 6. The number of nitrogens with zero attached hydrogens (tertiary/aromatic N) is 4. The number of rotatable bonds is 7. The van der Waals surface area contributed by atoms with Crippen molar-refractivity contribution < 1.29 is 0 Å². The minimum Gasteiger partial charge on any atom is -0.356 e. The monoisotopic (exact) mass is 400 g/mol. The normalized spacial score (nSPS) is 23.3. The molecule has 2 saturated heterocycles. The van der Waals surface area contributed by atoms with Crippen LogP contribution in [0.25, 0.3) is 0 Å². The van der Waals surface area contributed by atoms with Crippen molar-refractivity contribution in [2.24, 2.45) is 5.92 Å². The predicted octanol–water partition coefficient (Wildman–Crippen LogP) is 3.43. The molecule has 6 nitrogen and oxygen atoms in total. The topological polar surface area (TPSA) is 56.3 Å². The molecule has 0 saturated carbocycles. The van der Waals surface area contributed by atoms with Crippen LogP contribution in [0.3, 0.4) is 0 Å². The minimum absolute atomic E-state index is 0.473. The summed E-state index contributed by atoms with van der Waals surface area (Å²) in [6.45, 7) is 12.4. The third-order valence-electron chi connectivity index (χ3n) is 7.09. The third kappa shape index (κ3) is 5.21. The van der Waals surface area contributed by atoms with E-state index in [1.165, 1.54) is 75.1 Å². The molecule has 0 radical (unpaired) electrons. The van der Waals surface area contributed by atoms with Crippen LogP contribution in [0.15, 0.2) is 0 Å². The molecule has 0 aliphatic carbocycles. The largest absolute Gasteiger partial charge is 0.356 e. The SMILES string of the molecule is CCC(CC)CN1CCC(Nc2nc3c(c(N4CCCCCC4)n2)CNCC3)C1. The average molecular weight is 401 g/mol. The van der Waals surface area contributed by atoms with Crippen molar-refractivity contribution in [3.63, 3.8) is 0 Å². The maximum absolute atomic E-state index is 5.08. The van der Waals surface area contributed by atoms with Crippen LogP contribution in [0, 0.1) is 5.92 Å². The molecule has 2 fully saturated rings. The fourth-order valence-corrected chi connectivity index (χ4v) is 5.14. The second-order valence-electron chi connectivity index (χ2n) is 9.20. The van der Waals surface area contributed by atoms with Gasteiger partial charge >= 0.3 is 0 Å². The molecular formula is C23H40N6. The molecule has 1 unspecified atom stereocenters. The first-order valence-electron chi connectivity index (χ1n) is 12.1. The smallest absolute Gasteiger partial charge is 0.225 e. The Kier molecular flexibility index (Phi) is 7.24. The number of fused-ring (bicyclic) bond motifs is 1. The first-order chi connectivity index (χ1) is 14.3. The molecule has 0 bridgehead atoms. The van der Waals surface area contributed by atoms with E-state index >= 15 is 0 Å². The van der Waals surface area contributed by atoms with Crippen molar-refractivity contribution in [1.82, 2.24) is 20.2 Å². The van der Waals surface area contributed by atoms with Gasteiger partial charge < -0.3 is 20.4 Å². The zero-order chi connectivity index (χ0) is 20.1. The first kappa shape index (κ1) is 20.9. The fourth-order valence-electron chi connectivity index (χ4n) is 5.14. The summed E-state index contributed by atoms with van der Waals surface area (Å²) in [4.78, 5) is 15.2. The van der Waals surface area contributed by atoms with Gasteiger partial charge in [0.25, 0.3) is 0 Å². The molecule has 0 spiro atoms. The molecular weight excluding hydrogens is 360 g/mol. The Bertz CT molecular complexity index is 651. The fraction of sp³-hybridized carbons (Fsp3) is 0.826. The maximum Gasteiger partial charge on any atom is 0.225 e. The van der Waals surface area contributed by atoms with E-state index in [2.05, 4.69) is 34.3 Å². The average Bonchev–Trinajstić information content (AvgIpc) is 3.01. The standard InChI is InChI=1S/C23H40N6/c1-3-18(4-2)16-28-14-10-19(17-28)25-23-26-21-9-11-24-15-20(21)22(27-23)29-12-7-5-6-8-13-29/h18-19,24H,3-17H2,1-2H3,(H,25,26,27). The maximum atomic E-state index is 5.08. The molecule has 6 heteroatoms. The molecule has 1 aromatic heterocycles. The van der Waals surface area contributed by atoms with Gasteiger partial charge in [0.15, 0.2) is 0 Å². The number of anilines is 2. The molecule has 1 atom stereocenters. The Balaban J connectivity index is 1.47. The van der Waals surface area contributed by atoms with E-state index in [9.17, 15) is 0 Å². The van der Waals surface area contributed by atoms with E-state index < -0.39 is 0 Å². The lowest BCUT2D eigenvalue weighted by Gasteiger charge is -2.28. The van der Waals surface area contributed by atoms with Gasteiger partial charge in [-0.2, -0.15) is 4.98 Å². The molecule has 0 aromatic carbocycles. The minimum atomic E-state index is 0.473. The molecule has 3 aliphatic heterocycles. The van der Waals surface area contributed by atoms with Crippen molar-refractivity contribution in [3.8, 4) is 0 Å². The summed E-state index contributed by atoms with van der Waals surface area (Å²) in [6, 6.07) is 0.473. The summed E-state index contributed by atoms with van der Waals surface area (Å²) >= 11 is 0. The predicted molar refractivity (Wildman–Crippen MR) is 121 cm³/mol. The van der Waals surface area contributed by atoms with Gasteiger partial charge in [-0.1, -0.05) is 39.5 Å². The van der Waals surface area contributed by atoms with Gasteiger partial charge in [0.1, 0.15) is 5.82 Å². The highest BCUT2D eigenvalue weighted by atomic mass is 15.3. The molecule has 0 amide bonds. The van der Waals surface area contributed by atoms with Crippen molar-refractivity contribution >= 4 is 11.8 Å². The first-order valence-corrected chi connectivity index (χ1v) is 12.1. The van der Waals surface area contributed by atoms with Crippen LogP contribution in [0.4, 0.5) is 11.8 Å². The van der Waals surface area contributed by atoms with Crippen LogP contribution in [0.1, 0.15) is 70.1 Å². The van der Waals surface area contributed by atoms with E-state index in [4.69, 9.17) is 9.97 Å². The zero-order valence-corrected chi connectivity index (χ0v) is 18.6. The second kappa shape index (κ2) is 10.1. The highest BCUT2D eigenvalue weighted by molar-refractivity contribution is 5.54. The summed E-state index contributed by atoms with van der Waals surface area (Å²) in [5, 5.41) is 7.24. The molecule has 4 heterocycles. The van der Waals surface area contributed by atoms with Crippen molar-refractivity contribution in [2.75, 3.05) is 49.5 Å². The molecule has 1 aromatic rings. The van der Waals surface area contributed by atoms with Gasteiger partial charge in [0.2, 0.25) is 5.95 Å². The number of nitrogens with one attached hydrogen (secondary N) is 2. The van der Waals surface area contributed by atoms with Crippen molar-refractivity contribution in [2.45, 2.75) is 77.8 Å². The highest BCUT2D eigenvalue weighted by Gasteiger charge is 2.27. The Labute approximate surface area is 176 Å². The summed E-state index contributed by atoms with van der Waals surface area (Å²) in [5.41, 5.74) is 2.60. The van der Waals surface area contributed by atoms with E-state index in [0.717, 1.165) is 51.0 Å². The number of hydrogen-bond donors (Lipinski definition) is 2. The lowest BCUT2D eigenvalue weighted by atomic mass is 10.0. The Hall–Kier alpha value is -1.40. The van der Waals surface area contributed by atoms with E-state index in [1.54, 1.807) is 0 Å². The lowest BCUT2D eigenvalue weighted by molar-refractivity contribution is 0.266. The van der Waals surface area contributed by atoms with Gasteiger partial charge in [-0.25, -0.2) is 4.98 Å². The van der Waals surface area contributed by atoms with E-state index in [0.29, 0.717) is 6.04 Å². The number of likely N-dealkylation sites (tertiary alicyclic amines) is 1. The number of aromatic nitrogens is 2. The second-order valence-corrected chi connectivity index (χ2v) is 9.20. The van der Waals surface area contributed by atoms with Crippen LogP contribution >= 0.6 is 0 Å². The van der Waals surface area contributed by atoms with Gasteiger partial charge in [-0.05, 0) is 25.2 Å². The molecule has 3 aliphatic rings. The van der Waals surface area contributed by atoms with Gasteiger partial charge in [0, 0.05) is 63.8 Å². The molecule has 4 rings (SSSR count). The summed E-state index contributed by atoms with van der Waals surface area (Å²) in [5.74, 6) is 2.88.